The third kappa shape index (κ3) is 3.97. The second kappa shape index (κ2) is 8.50. The number of amides is 2. The predicted octanol–water partition coefficient (Wildman–Crippen LogP) is 3.32. The number of nitrogens with zero attached hydrogens (tertiary/aromatic N) is 3. The number of carbonyl (C=O) groups excluding carboxylic acids is 2. The SMILES string of the molecule is O=C(N[C@@H]1CCCc2ccccc21)c1n[nH]c2c1CN(C(=O)c1ccc([N+](=O)[O-])cc1)CC2. The lowest BCUT2D eigenvalue weighted by molar-refractivity contribution is -0.384. The summed E-state index contributed by atoms with van der Waals surface area (Å²) in [5.41, 5.74) is 4.61. The zero-order valence-corrected chi connectivity index (χ0v) is 17.9. The van der Waals surface area contributed by atoms with Crippen LogP contribution in [0.4, 0.5) is 5.69 Å². The van der Waals surface area contributed by atoms with Gasteiger partial charge in [-0.05, 0) is 42.5 Å². The highest BCUT2D eigenvalue weighted by Gasteiger charge is 2.30. The summed E-state index contributed by atoms with van der Waals surface area (Å²) in [5, 5.41) is 21.2. The Labute approximate surface area is 190 Å². The molecular weight excluding hydrogens is 422 g/mol. The number of rotatable bonds is 4. The lowest BCUT2D eigenvalue weighted by atomic mass is 9.87. The maximum atomic E-state index is 13.1. The van der Waals surface area contributed by atoms with Crippen LogP contribution < -0.4 is 5.32 Å². The number of carbonyl (C=O) groups is 2. The van der Waals surface area contributed by atoms with Gasteiger partial charge in [0.05, 0.1) is 17.5 Å². The highest BCUT2D eigenvalue weighted by atomic mass is 16.6. The van der Waals surface area contributed by atoms with Gasteiger partial charge >= 0.3 is 0 Å². The van der Waals surface area contributed by atoms with Crippen molar-refractivity contribution in [3.8, 4) is 0 Å². The van der Waals surface area contributed by atoms with Crippen molar-refractivity contribution in [1.82, 2.24) is 20.4 Å². The maximum Gasteiger partial charge on any atom is 0.272 e. The van der Waals surface area contributed by atoms with Crippen molar-refractivity contribution in [2.24, 2.45) is 0 Å². The van der Waals surface area contributed by atoms with Gasteiger partial charge in [-0.1, -0.05) is 24.3 Å². The summed E-state index contributed by atoms with van der Waals surface area (Å²) in [6, 6.07) is 13.7. The fourth-order valence-electron chi connectivity index (χ4n) is 4.69. The molecule has 2 aromatic carbocycles. The van der Waals surface area contributed by atoms with Gasteiger partial charge in [0.25, 0.3) is 17.5 Å². The topological polar surface area (TPSA) is 121 Å². The molecule has 1 aromatic heterocycles. The van der Waals surface area contributed by atoms with E-state index in [-0.39, 0.29) is 30.1 Å². The molecule has 2 N–H and O–H groups in total. The lowest BCUT2D eigenvalue weighted by Gasteiger charge is -2.28. The van der Waals surface area contributed by atoms with Crippen LogP contribution in [0.1, 0.15) is 62.1 Å². The molecule has 33 heavy (non-hydrogen) atoms. The van der Waals surface area contributed by atoms with E-state index >= 15 is 0 Å². The number of H-pyrrole nitrogens is 1. The highest BCUT2D eigenvalue weighted by Crippen LogP contribution is 2.30. The monoisotopic (exact) mass is 445 g/mol. The number of hydrogen-bond donors (Lipinski definition) is 2. The van der Waals surface area contributed by atoms with Gasteiger partial charge in [-0.2, -0.15) is 5.10 Å². The molecule has 5 rings (SSSR count). The molecule has 0 fully saturated rings. The zero-order valence-electron chi connectivity index (χ0n) is 17.9. The van der Waals surface area contributed by atoms with Crippen LogP contribution in [-0.4, -0.2) is 38.4 Å². The van der Waals surface area contributed by atoms with Gasteiger partial charge in [-0.15, -0.1) is 0 Å². The van der Waals surface area contributed by atoms with E-state index in [0.29, 0.717) is 24.2 Å². The first kappa shape index (κ1) is 20.9. The molecular formula is C24H23N5O4. The number of aromatic nitrogens is 2. The summed E-state index contributed by atoms with van der Waals surface area (Å²) in [6.45, 7) is 0.730. The Hall–Kier alpha value is -4.01. The Balaban J connectivity index is 1.33. The molecule has 9 nitrogen and oxygen atoms in total. The Morgan fingerprint density at radius 3 is 2.70 bits per heavy atom. The number of benzene rings is 2. The van der Waals surface area contributed by atoms with E-state index in [2.05, 4.69) is 27.6 Å². The van der Waals surface area contributed by atoms with Gasteiger partial charge in [0.2, 0.25) is 0 Å². The summed E-state index contributed by atoms with van der Waals surface area (Å²) >= 11 is 0. The summed E-state index contributed by atoms with van der Waals surface area (Å²) in [6.07, 6.45) is 3.46. The molecule has 0 saturated carbocycles. The minimum Gasteiger partial charge on any atom is -0.344 e. The normalized spacial score (nSPS) is 17.1. The molecule has 0 bridgehead atoms. The standard InChI is InChI=1S/C24H23N5O4/c30-23(25-20-7-3-5-15-4-1-2-6-18(15)20)22-19-14-28(13-12-21(19)26-27-22)24(31)16-8-10-17(11-9-16)29(32)33/h1-2,4,6,8-11,20H,3,5,7,12-14H2,(H,25,30)(H,26,27)/t20-/m1/s1. The smallest absolute Gasteiger partial charge is 0.272 e. The first-order chi connectivity index (χ1) is 16.0. The second-order valence-electron chi connectivity index (χ2n) is 8.43. The summed E-state index contributed by atoms with van der Waals surface area (Å²) in [4.78, 5) is 38.1. The molecule has 9 heteroatoms. The molecule has 1 aliphatic carbocycles. The quantitative estimate of drug-likeness (QED) is 0.471. The number of hydrogen-bond acceptors (Lipinski definition) is 5. The number of aromatic amines is 1. The average molecular weight is 445 g/mol. The van der Waals surface area contributed by atoms with Crippen LogP contribution in [0.3, 0.4) is 0 Å². The molecule has 2 amide bonds. The Morgan fingerprint density at radius 1 is 1.12 bits per heavy atom. The van der Waals surface area contributed by atoms with Crippen LogP contribution in [0.2, 0.25) is 0 Å². The molecule has 2 aliphatic rings. The van der Waals surface area contributed by atoms with Crippen LogP contribution in [0.5, 0.6) is 0 Å². The fraction of sp³-hybridized carbons (Fsp3) is 0.292. The van der Waals surface area contributed by atoms with Gasteiger partial charge in [0.1, 0.15) is 0 Å². The Kier molecular flexibility index (Phi) is 5.37. The van der Waals surface area contributed by atoms with Crippen molar-refractivity contribution >= 4 is 17.5 Å². The summed E-state index contributed by atoms with van der Waals surface area (Å²) < 4.78 is 0. The number of non-ortho nitro benzene ring substituents is 1. The third-order valence-electron chi connectivity index (χ3n) is 6.44. The van der Waals surface area contributed by atoms with Gasteiger partial charge < -0.3 is 10.2 Å². The molecule has 0 saturated heterocycles. The van der Waals surface area contributed by atoms with Crippen LogP contribution in [0.15, 0.2) is 48.5 Å². The molecule has 2 heterocycles. The number of nitro benzene ring substituents is 1. The van der Waals surface area contributed by atoms with E-state index in [9.17, 15) is 19.7 Å². The summed E-state index contributed by atoms with van der Waals surface area (Å²) in [7, 11) is 0. The predicted molar refractivity (Wildman–Crippen MR) is 120 cm³/mol. The van der Waals surface area contributed by atoms with Crippen molar-refractivity contribution in [2.45, 2.75) is 38.3 Å². The highest BCUT2D eigenvalue weighted by molar-refractivity contribution is 5.96. The molecule has 0 unspecified atom stereocenters. The van der Waals surface area contributed by atoms with Crippen molar-refractivity contribution in [3.05, 3.63) is 92.3 Å². The number of nitrogens with one attached hydrogen (secondary N) is 2. The van der Waals surface area contributed by atoms with Gasteiger partial charge in [0, 0.05) is 41.9 Å². The molecule has 1 atom stereocenters. The van der Waals surface area contributed by atoms with Gasteiger partial charge in [-0.25, -0.2) is 0 Å². The first-order valence-electron chi connectivity index (χ1n) is 11.0. The van der Waals surface area contributed by atoms with Crippen molar-refractivity contribution < 1.29 is 14.5 Å². The maximum absolute atomic E-state index is 13.1. The van der Waals surface area contributed by atoms with E-state index in [1.54, 1.807) is 4.90 Å². The van der Waals surface area contributed by atoms with Crippen molar-refractivity contribution in [3.63, 3.8) is 0 Å². The van der Waals surface area contributed by atoms with Crippen LogP contribution in [0.25, 0.3) is 0 Å². The van der Waals surface area contributed by atoms with Crippen LogP contribution in [0, 0.1) is 10.1 Å². The van der Waals surface area contributed by atoms with Crippen molar-refractivity contribution in [2.75, 3.05) is 6.54 Å². The fourth-order valence-corrected chi connectivity index (χ4v) is 4.69. The zero-order chi connectivity index (χ0) is 22.9. The van der Waals surface area contributed by atoms with E-state index < -0.39 is 4.92 Å². The third-order valence-corrected chi connectivity index (χ3v) is 6.44. The minimum atomic E-state index is -0.498. The molecule has 3 aromatic rings. The molecule has 168 valence electrons. The van der Waals surface area contributed by atoms with E-state index in [1.807, 2.05) is 12.1 Å². The first-order valence-corrected chi connectivity index (χ1v) is 11.0. The van der Waals surface area contributed by atoms with Crippen LogP contribution in [-0.2, 0) is 19.4 Å². The molecule has 0 spiro atoms. The van der Waals surface area contributed by atoms with Gasteiger partial charge in [-0.3, -0.25) is 24.8 Å². The van der Waals surface area contributed by atoms with Gasteiger partial charge in [0.15, 0.2) is 5.69 Å². The van der Waals surface area contributed by atoms with Crippen molar-refractivity contribution in [1.29, 1.82) is 0 Å². The number of nitro groups is 1. The lowest BCUT2D eigenvalue weighted by Crippen LogP contribution is -2.37. The molecule has 1 aliphatic heterocycles. The minimum absolute atomic E-state index is 0.0590. The molecule has 0 radical (unpaired) electrons. The van der Waals surface area contributed by atoms with Crippen LogP contribution >= 0.6 is 0 Å². The largest absolute Gasteiger partial charge is 0.344 e. The van der Waals surface area contributed by atoms with E-state index in [0.717, 1.165) is 36.1 Å². The van der Waals surface area contributed by atoms with E-state index in [4.69, 9.17) is 0 Å². The second-order valence-corrected chi connectivity index (χ2v) is 8.43. The van der Waals surface area contributed by atoms with E-state index in [1.165, 1.54) is 29.8 Å². The Morgan fingerprint density at radius 2 is 1.91 bits per heavy atom. The number of aryl methyl sites for hydroxylation is 1. The Bertz CT molecular complexity index is 1230. The number of fused-ring (bicyclic) bond motifs is 2. The summed E-state index contributed by atoms with van der Waals surface area (Å²) in [5.74, 6) is -0.483. The average Bonchev–Trinajstić information content (AvgIpc) is 3.27.